The Morgan fingerprint density at radius 2 is 2.05 bits per heavy atom. The summed E-state index contributed by atoms with van der Waals surface area (Å²) in [4.78, 5) is 23.3. The summed E-state index contributed by atoms with van der Waals surface area (Å²) < 4.78 is 0.744. The van der Waals surface area contributed by atoms with E-state index in [9.17, 15) is 9.59 Å². The monoisotopic (exact) mass is 361 g/mol. The predicted octanol–water partition coefficient (Wildman–Crippen LogP) is 2.14. The van der Waals surface area contributed by atoms with Gasteiger partial charge in [0.2, 0.25) is 11.8 Å². The second kappa shape index (κ2) is 7.61. The van der Waals surface area contributed by atoms with Crippen LogP contribution in [0.4, 0.5) is 5.69 Å². The first kappa shape index (κ1) is 16.9. The molecular formula is C13H17BrClN3O2. The molecule has 0 aliphatic heterocycles. The fourth-order valence-corrected chi connectivity index (χ4v) is 1.79. The Labute approximate surface area is 131 Å². The predicted molar refractivity (Wildman–Crippen MR) is 83.6 cm³/mol. The van der Waals surface area contributed by atoms with Crippen LogP contribution in [-0.2, 0) is 9.59 Å². The first-order chi connectivity index (χ1) is 9.31. The molecule has 0 fully saturated rings. The van der Waals surface area contributed by atoms with Gasteiger partial charge in [-0.25, -0.2) is 0 Å². The van der Waals surface area contributed by atoms with E-state index in [0.29, 0.717) is 10.7 Å². The van der Waals surface area contributed by atoms with E-state index >= 15 is 0 Å². The van der Waals surface area contributed by atoms with E-state index in [1.807, 2.05) is 13.8 Å². The smallest absolute Gasteiger partial charge is 0.243 e. The number of hydrogen-bond donors (Lipinski definition) is 3. The van der Waals surface area contributed by atoms with E-state index in [-0.39, 0.29) is 24.3 Å². The fraction of sp³-hybridized carbons (Fsp3) is 0.385. The van der Waals surface area contributed by atoms with Gasteiger partial charge >= 0.3 is 0 Å². The molecule has 2 amide bonds. The molecule has 1 atom stereocenters. The second-order valence-corrected chi connectivity index (χ2v) is 5.93. The maximum absolute atomic E-state index is 11.7. The number of hydrogen-bond acceptors (Lipinski definition) is 3. The van der Waals surface area contributed by atoms with Crippen molar-refractivity contribution in [2.45, 2.75) is 19.9 Å². The van der Waals surface area contributed by atoms with Crippen molar-refractivity contribution in [1.29, 1.82) is 0 Å². The Kier molecular flexibility index (Phi) is 6.45. The van der Waals surface area contributed by atoms with E-state index < -0.39 is 6.04 Å². The zero-order chi connectivity index (χ0) is 15.3. The normalized spacial score (nSPS) is 12.1. The average molecular weight is 363 g/mol. The third-order valence-corrected chi connectivity index (χ3v) is 3.88. The summed E-state index contributed by atoms with van der Waals surface area (Å²) in [6.07, 6.45) is 0. The summed E-state index contributed by atoms with van der Waals surface area (Å²) in [5, 5.41) is 5.62. The SMILES string of the molecule is CC(C)[C@H](N)C(=O)NCC(=O)Nc1ccc(Br)c(Cl)c1. The lowest BCUT2D eigenvalue weighted by Crippen LogP contribution is -2.46. The number of halogens is 2. The number of anilines is 1. The summed E-state index contributed by atoms with van der Waals surface area (Å²) in [5.41, 5.74) is 6.23. The molecule has 1 aromatic rings. The van der Waals surface area contributed by atoms with Crippen molar-refractivity contribution in [1.82, 2.24) is 5.32 Å². The molecule has 0 heterocycles. The van der Waals surface area contributed by atoms with Crippen molar-refractivity contribution in [3.05, 3.63) is 27.7 Å². The molecule has 5 nitrogen and oxygen atoms in total. The van der Waals surface area contributed by atoms with Gasteiger partial charge in [0.25, 0.3) is 0 Å². The van der Waals surface area contributed by atoms with Crippen LogP contribution in [0.5, 0.6) is 0 Å². The minimum absolute atomic E-state index is 0.0170. The molecule has 0 aromatic heterocycles. The highest BCUT2D eigenvalue weighted by molar-refractivity contribution is 9.10. The number of nitrogens with one attached hydrogen (secondary N) is 2. The third-order valence-electron chi connectivity index (χ3n) is 2.65. The minimum atomic E-state index is -0.620. The molecule has 0 saturated heterocycles. The lowest BCUT2D eigenvalue weighted by molar-refractivity contribution is -0.125. The summed E-state index contributed by atoms with van der Waals surface area (Å²) in [6, 6.07) is 4.43. The number of carbonyl (C=O) groups is 2. The molecule has 0 unspecified atom stereocenters. The Bertz CT molecular complexity index is 508. The maximum atomic E-state index is 11.7. The van der Waals surface area contributed by atoms with Crippen LogP contribution in [0.25, 0.3) is 0 Å². The Morgan fingerprint density at radius 1 is 1.40 bits per heavy atom. The summed E-state index contributed by atoms with van der Waals surface area (Å²) in [7, 11) is 0. The van der Waals surface area contributed by atoms with E-state index in [4.69, 9.17) is 17.3 Å². The third kappa shape index (κ3) is 5.11. The molecular weight excluding hydrogens is 346 g/mol. The zero-order valence-corrected chi connectivity index (χ0v) is 13.6. The molecule has 20 heavy (non-hydrogen) atoms. The van der Waals surface area contributed by atoms with Gasteiger partial charge in [-0.05, 0) is 40.0 Å². The van der Waals surface area contributed by atoms with Crippen LogP contribution in [0.3, 0.4) is 0 Å². The zero-order valence-electron chi connectivity index (χ0n) is 11.2. The van der Waals surface area contributed by atoms with Crippen LogP contribution in [-0.4, -0.2) is 24.4 Å². The fourth-order valence-electron chi connectivity index (χ4n) is 1.37. The molecule has 0 bridgehead atoms. The van der Waals surface area contributed by atoms with Gasteiger partial charge in [0.15, 0.2) is 0 Å². The molecule has 110 valence electrons. The number of amides is 2. The van der Waals surface area contributed by atoms with E-state index in [1.54, 1.807) is 18.2 Å². The molecule has 0 aliphatic carbocycles. The molecule has 0 spiro atoms. The van der Waals surface area contributed by atoms with Crippen LogP contribution >= 0.6 is 27.5 Å². The lowest BCUT2D eigenvalue weighted by atomic mass is 10.1. The number of nitrogens with two attached hydrogens (primary N) is 1. The van der Waals surface area contributed by atoms with Gasteiger partial charge in [0.1, 0.15) is 0 Å². The molecule has 1 aromatic carbocycles. The average Bonchev–Trinajstić information content (AvgIpc) is 2.39. The molecule has 0 radical (unpaired) electrons. The van der Waals surface area contributed by atoms with Gasteiger partial charge in [0.05, 0.1) is 17.6 Å². The van der Waals surface area contributed by atoms with Crippen molar-refractivity contribution in [3.63, 3.8) is 0 Å². The van der Waals surface area contributed by atoms with Gasteiger partial charge in [-0.3, -0.25) is 9.59 Å². The highest BCUT2D eigenvalue weighted by Crippen LogP contribution is 2.25. The first-order valence-corrected chi connectivity index (χ1v) is 7.26. The molecule has 0 aliphatic rings. The van der Waals surface area contributed by atoms with Crippen LogP contribution in [0, 0.1) is 5.92 Å². The largest absolute Gasteiger partial charge is 0.346 e. The maximum Gasteiger partial charge on any atom is 0.243 e. The quantitative estimate of drug-likeness (QED) is 0.750. The molecule has 0 saturated carbocycles. The Morgan fingerprint density at radius 3 is 2.60 bits per heavy atom. The van der Waals surface area contributed by atoms with Gasteiger partial charge in [-0.15, -0.1) is 0 Å². The van der Waals surface area contributed by atoms with Crippen molar-refractivity contribution in [2.75, 3.05) is 11.9 Å². The molecule has 1 rings (SSSR count). The Hall–Kier alpha value is -1.11. The number of rotatable bonds is 5. The van der Waals surface area contributed by atoms with E-state index in [2.05, 4.69) is 26.6 Å². The van der Waals surface area contributed by atoms with Gasteiger partial charge in [-0.2, -0.15) is 0 Å². The summed E-state index contributed by atoms with van der Waals surface area (Å²) in [5.74, 6) is -0.667. The molecule has 4 N–H and O–H groups in total. The van der Waals surface area contributed by atoms with Crippen molar-refractivity contribution in [2.24, 2.45) is 11.7 Å². The van der Waals surface area contributed by atoms with Crippen molar-refractivity contribution in [3.8, 4) is 0 Å². The lowest BCUT2D eigenvalue weighted by Gasteiger charge is -2.15. The minimum Gasteiger partial charge on any atom is -0.346 e. The summed E-state index contributed by atoms with van der Waals surface area (Å²) in [6.45, 7) is 3.55. The van der Waals surface area contributed by atoms with Crippen LogP contribution in [0.15, 0.2) is 22.7 Å². The summed E-state index contributed by atoms with van der Waals surface area (Å²) >= 11 is 9.18. The van der Waals surface area contributed by atoms with Crippen molar-refractivity contribution < 1.29 is 9.59 Å². The van der Waals surface area contributed by atoms with Crippen LogP contribution in [0.1, 0.15) is 13.8 Å². The second-order valence-electron chi connectivity index (χ2n) is 4.66. The van der Waals surface area contributed by atoms with Gasteiger partial charge in [-0.1, -0.05) is 25.4 Å². The first-order valence-electron chi connectivity index (χ1n) is 6.09. The van der Waals surface area contributed by atoms with Crippen LogP contribution in [0.2, 0.25) is 5.02 Å². The van der Waals surface area contributed by atoms with Crippen LogP contribution < -0.4 is 16.4 Å². The van der Waals surface area contributed by atoms with E-state index in [0.717, 1.165) is 4.47 Å². The van der Waals surface area contributed by atoms with Crippen molar-refractivity contribution >= 4 is 45.0 Å². The van der Waals surface area contributed by atoms with Gasteiger partial charge < -0.3 is 16.4 Å². The highest BCUT2D eigenvalue weighted by atomic mass is 79.9. The standard InChI is InChI=1S/C13H17BrClN3O2/c1-7(2)12(16)13(20)17-6-11(19)18-8-3-4-9(14)10(15)5-8/h3-5,7,12H,6,16H2,1-2H3,(H,17,20)(H,18,19)/t12-/m0/s1. The van der Waals surface area contributed by atoms with Gasteiger partial charge in [0, 0.05) is 10.2 Å². The topological polar surface area (TPSA) is 84.2 Å². The van der Waals surface area contributed by atoms with E-state index in [1.165, 1.54) is 0 Å². The molecule has 7 heteroatoms. The highest BCUT2D eigenvalue weighted by Gasteiger charge is 2.17. The number of carbonyl (C=O) groups excluding carboxylic acids is 2. The number of benzene rings is 1. The Balaban J connectivity index is 2.48.